The number of piperidine rings is 1. The molecule has 0 aliphatic carbocycles. The second kappa shape index (κ2) is 6.95. The molecule has 1 aliphatic rings. The van der Waals surface area contributed by atoms with Crippen LogP contribution in [0.15, 0.2) is 0 Å². The maximum atomic E-state index is 11.9. The summed E-state index contributed by atoms with van der Waals surface area (Å²) >= 11 is 0. The van der Waals surface area contributed by atoms with Gasteiger partial charge in [0.15, 0.2) is 0 Å². The van der Waals surface area contributed by atoms with Crippen LogP contribution in [-0.2, 0) is 9.47 Å². The van der Waals surface area contributed by atoms with Crippen LogP contribution in [0.25, 0.3) is 0 Å². The lowest BCUT2D eigenvalue weighted by molar-refractivity contribution is 0.00461. The quantitative estimate of drug-likeness (QED) is 0.780. The molecule has 0 aromatic carbocycles. The van der Waals surface area contributed by atoms with Crippen molar-refractivity contribution in [2.45, 2.75) is 39.2 Å². The molecule has 1 amide bonds. The van der Waals surface area contributed by atoms with Gasteiger partial charge < -0.3 is 19.5 Å². The second-order valence-corrected chi connectivity index (χ2v) is 5.73. The van der Waals surface area contributed by atoms with Crippen molar-refractivity contribution >= 4 is 6.09 Å². The third-order valence-corrected chi connectivity index (χ3v) is 2.76. The van der Waals surface area contributed by atoms with Crippen LogP contribution < -0.4 is 0 Å². The van der Waals surface area contributed by atoms with Gasteiger partial charge in [-0.15, -0.1) is 0 Å². The van der Waals surface area contributed by atoms with Crippen molar-refractivity contribution in [3.63, 3.8) is 0 Å². The number of hydrogen-bond acceptors (Lipinski definition) is 4. The highest BCUT2D eigenvalue weighted by molar-refractivity contribution is 5.68. The molecule has 1 N–H and O–H groups in total. The minimum atomic E-state index is -0.447. The van der Waals surface area contributed by atoms with E-state index in [4.69, 9.17) is 14.6 Å². The summed E-state index contributed by atoms with van der Waals surface area (Å²) in [5.74, 6) is 0.345. The first kappa shape index (κ1) is 15.2. The second-order valence-electron chi connectivity index (χ2n) is 5.73. The molecule has 1 heterocycles. The topological polar surface area (TPSA) is 59.0 Å². The van der Waals surface area contributed by atoms with Gasteiger partial charge in [0.05, 0.1) is 19.8 Å². The van der Waals surface area contributed by atoms with Gasteiger partial charge >= 0.3 is 6.09 Å². The third-order valence-electron chi connectivity index (χ3n) is 2.76. The van der Waals surface area contributed by atoms with Gasteiger partial charge in [0.25, 0.3) is 0 Å². The van der Waals surface area contributed by atoms with Crippen molar-refractivity contribution in [1.29, 1.82) is 0 Å². The molecule has 0 spiro atoms. The average Bonchev–Trinajstić information content (AvgIpc) is 2.27. The molecule has 18 heavy (non-hydrogen) atoms. The predicted molar refractivity (Wildman–Crippen MR) is 68.4 cm³/mol. The molecule has 0 bridgehead atoms. The molecule has 1 atom stereocenters. The SMILES string of the molecule is CC(C)(C)OC(=O)N1CCC[C@@H](COCCO)C1. The van der Waals surface area contributed by atoms with Crippen LogP contribution >= 0.6 is 0 Å². The lowest BCUT2D eigenvalue weighted by Gasteiger charge is -2.34. The number of rotatable bonds is 4. The predicted octanol–water partition coefficient (Wildman–Crippen LogP) is 1.64. The van der Waals surface area contributed by atoms with E-state index >= 15 is 0 Å². The smallest absolute Gasteiger partial charge is 0.410 e. The molecule has 0 aromatic rings. The zero-order valence-electron chi connectivity index (χ0n) is 11.6. The summed E-state index contributed by atoms with van der Waals surface area (Å²) in [6, 6.07) is 0. The Morgan fingerprint density at radius 2 is 2.17 bits per heavy atom. The van der Waals surface area contributed by atoms with Crippen molar-refractivity contribution in [3.8, 4) is 0 Å². The monoisotopic (exact) mass is 259 g/mol. The van der Waals surface area contributed by atoms with Gasteiger partial charge in [0, 0.05) is 19.0 Å². The summed E-state index contributed by atoms with van der Waals surface area (Å²) in [5.41, 5.74) is -0.447. The standard InChI is InChI=1S/C13H25NO4/c1-13(2,3)18-12(16)14-6-4-5-11(9-14)10-17-8-7-15/h11,15H,4-10H2,1-3H3/t11-/m1/s1. The zero-order chi connectivity index (χ0) is 13.6. The summed E-state index contributed by atoms with van der Waals surface area (Å²) in [6.07, 6.45) is 1.80. The molecule has 5 nitrogen and oxygen atoms in total. The van der Waals surface area contributed by atoms with E-state index in [1.54, 1.807) is 4.90 Å². The fourth-order valence-electron chi connectivity index (χ4n) is 2.01. The number of aliphatic hydroxyl groups excluding tert-OH is 1. The van der Waals surface area contributed by atoms with Gasteiger partial charge in [0.1, 0.15) is 5.60 Å². The Bertz CT molecular complexity index is 262. The normalized spacial score (nSPS) is 20.9. The Kier molecular flexibility index (Phi) is 5.88. The van der Waals surface area contributed by atoms with E-state index in [1.165, 1.54) is 0 Å². The van der Waals surface area contributed by atoms with Gasteiger partial charge in [0.2, 0.25) is 0 Å². The van der Waals surface area contributed by atoms with E-state index < -0.39 is 5.60 Å². The lowest BCUT2D eigenvalue weighted by Crippen LogP contribution is -2.43. The fraction of sp³-hybridized carbons (Fsp3) is 0.923. The largest absolute Gasteiger partial charge is 0.444 e. The average molecular weight is 259 g/mol. The Morgan fingerprint density at radius 3 is 2.78 bits per heavy atom. The summed E-state index contributed by atoms with van der Waals surface area (Å²) in [7, 11) is 0. The lowest BCUT2D eigenvalue weighted by atomic mass is 9.99. The number of nitrogens with zero attached hydrogens (tertiary/aromatic N) is 1. The van der Waals surface area contributed by atoms with E-state index in [1.807, 2.05) is 20.8 Å². The van der Waals surface area contributed by atoms with Crippen LogP contribution in [0.5, 0.6) is 0 Å². The van der Waals surface area contributed by atoms with Gasteiger partial charge in [-0.3, -0.25) is 0 Å². The highest BCUT2D eigenvalue weighted by Crippen LogP contribution is 2.19. The summed E-state index contributed by atoms with van der Waals surface area (Å²) in [4.78, 5) is 13.7. The summed E-state index contributed by atoms with van der Waals surface area (Å²) in [5, 5.41) is 8.65. The highest BCUT2D eigenvalue weighted by Gasteiger charge is 2.27. The van der Waals surface area contributed by atoms with E-state index in [0.717, 1.165) is 19.4 Å². The minimum Gasteiger partial charge on any atom is -0.444 e. The summed E-state index contributed by atoms with van der Waals surface area (Å²) in [6.45, 7) is 8.06. The first-order valence-electron chi connectivity index (χ1n) is 6.59. The van der Waals surface area contributed by atoms with Crippen molar-refractivity contribution < 1.29 is 19.4 Å². The maximum absolute atomic E-state index is 11.9. The number of carbonyl (C=O) groups excluding carboxylic acids is 1. The van der Waals surface area contributed by atoms with Crippen molar-refractivity contribution in [2.75, 3.05) is 32.9 Å². The molecule has 0 radical (unpaired) electrons. The number of likely N-dealkylation sites (tertiary alicyclic amines) is 1. The number of carbonyl (C=O) groups is 1. The first-order chi connectivity index (χ1) is 8.42. The molecule has 1 rings (SSSR count). The Morgan fingerprint density at radius 1 is 1.44 bits per heavy atom. The van der Waals surface area contributed by atoms with Gasteiger partial charge in [-0.25, -0.2) is 4.79 Å². The van der Waals surface area contributed by atoms with Crippen LogP contribution in [0.3, 0.4) is 0 Å². The number of aliphatic hydroxyl groups is 1. The van der Waals surface area contributed by atoms with Crippen LogP contribution in [0, 0.1) is 5.92 Å². The van der Waals surface area contributed by atoms with Crippen molar-refractivity contribution in [3.05, 3.63) is 0 Å². The molecule has 5 heteroatoms. The van der Waals surface area contributed by atoms with Gasteiger partial charge in [-0.05, 0) is 33.6 Å². The van der Waals surface area contributed by atoms with Crippen LogP contribution in [0.1, 0.15) is 33.6 Å². The summed E-state index contributed by atoms with van der Waals surface area (Å²) < 4.78 is 10.7. The Hall–Kier alpha value is -0.810. The molecular weight excluding hydrogens is 234 g/mol. The first-order valence-corrected chi connectivity index (χ1v) is 6.59. The number of ether oxygens (including phenoxy) is 2. The Labute approximate surface area is 109 Å². The van der Waals surface area contributed by atoms with Crippen LogP contribution in [-0.4, -0.2) is 54.6 Å². The van der Waals surface area contributed by atoms with Crippen molar-refractivity contribution in [1.82, 2.24) is 4.90 Å². The number of amides is 1. The molecule has 0 saturated carbocycles. The Balaban J connectivity index is 2.36. The molecule has 1 fully saturated rings. The fourth-order valence-corrected chi connectivity index (χ4v) is 2.01. The number of hydrogen-bond donors (Lipinski definition) is 1. The minimum absolute atomic E-state index is 0.0441. The molecular formula is C13H25NO4. The van der Waals surface area contributed by atoms with E-state index in [9.17, 15) is 4.79 Å². The molecule has 106 valence electrons. The maximum Gasteiger partial charge on any atom is 0.410 e. The molecule has 0 aromatic heterocycles. The van der Waals surface area contributed by atoms with Crippen molar-refractivity contribution in [2.24, 2.45) is 5.92 Å². The van der Waals surface area contributed by atoms with Crippen LogP contribution in [0.2, 0.25) is 0 Å². The third kappa shape index (κ3) is 5.69. The zero-order valence-corrected chi connectivity index (χ0v) is 11.6. The molecule has 1 saturated heterocycles. The van der Waals surface area contributed by atoms with E-state index in [0.29, 0.717) is 25.7 Å². The van der Waals surface area contributed by atoms with E-state index in [2.05, 4.69) is 0 Å². The van der Waals surface area contributed by atoms with Gasteiger partial charge in [-0.2, -0.15) is 0 Å². The highest BCUT2D eigenvalue weighted by atomic mass is 16.6. The molecule has 1 aliphatic heterocycles. The van der Waals surface area contributed by atoms with E-state index in [-0.39, 0.29) is 12.7 Å². The molecule has 0 unspecified atom stereocenters. The van der Waals surface area contributed by atoms with Gasteiger partial charge in [-0.1, -0.05) is 0 Å². The van der Waals surface area contributed by atoms with Crippen LogP contribution in [0.4, 0.5) is 4.79 Å².